The topological polar surface area (TPSA) is 85.3 Å². The van der Waals surface area contributed by atoms with Crippen LogP contribution in [-0.2, 0) is 16.1 Å². The lowest BCUT2D eigenvalue weighted by atomic mass is 9.75. The second-order valence-corrected chi connectivity index (χ2v) is 8.35. The van der Waals surface area contributed by atoms with Crippen LogP contribution in [0.1, 0.15) is 47.4 Å². The minimum absolute atomic E-state index is 0.0189. The lowest BCUT2D eigenvalue weighted by Crippen LogP contribution is -2.28. The van der Waals surface area contributed by atoms with Gasteiger partial charge >= 0.3 is 0 Å². The normalized spacial score (nSPS) is 18.4. The molecule has 2 aromatic carbocycles. The molecule has 2 aliphatic rings. The van der Waals surface area contributed by atoms with Gasteiger partial charge < -0.3 is 15.2 Å². The zero-order chi connectivity index (χ0) is 22.1. The summed E-state index contributed by atoms with van der Waals surface area (Å²) in [6, 6.07) is 13.5. The van der Waals surface area contributed by atoms with E-state index in [0.717, 1.165) is 28.7 Å². The summed E-state index contributed by atoms with van der Waals surface area (Å²) < 4.78 is 11.6. The van der Waals surface area contributed by atoms with Gasteiger partial charge in [-0.2, -0.15) is 5.26 Å². The molecule has 0 saturated carbocycles. The van der Waals surface area contributed by atoms with Crippen molar-refractivity contribution in [2.75, 3.05) is 0 Å². The highest BCUT2D eigenvalue weighted by molar-refractivity contribution is 6.30. The molecule has 0 aromatic heterocycles. The number of ketones is 1. The molecule has 0 fully saturated rings. The molecule has 0 radical (unpaired) electrons. The number of Topliss-reactive ketones (excluding diaryl/α,β-unsaturated/α-hetero) is 1. The zero-order valence-corrected chi connectivity index (χ0v) is 18.3. The predicted molar refractivity (Wildman–Crippen MR) is 118 cm³/mol. The van der Waals surface area contributed by atoms with Crippen LogP contribution in [0.5, 0.6) is 5.75 Å². The lowest BCUT2D eigenvalue weighted by molar-refractivity contribution is -0.116. The Morgan fingerprint density at radius 2 is 1.94 bits per heavy atom. The standard InChI is InChI=1S/C25H23ClN2O3/c1-14-10-15(2)19(11-16(14)13-30-18-8-6-17(26)7-9-18)23-20(12-27)25(28)31-22-5-3-4-21(29)24(22)23/h6-11,23H,3-5,13,28H2,1-2H3/t23-/m1/s1. The molecule has 0 saturated heterocycles. The quantitative estimate of drug-likeness (QED) is 0.700. The van der Waals surface area contributed by atoms with Crippen LogP contribution in [0.15, 0.2) is 59.2 Å². The second-order valence-electron chi connectivity index (χ2n) is 7.92. The molecule has 1 atom stereocenters. The molecule has 1 heterocycles. The van der Waals surface area contributed by atoms with Crippen LogP contribution in [0.3, 0.4) is 0 Å². The minimum atomic E-state index is -0.517. The molecule has 0 amide bonds. The summed E-state index contributed by atoms with van der Waals surface area (Å²) in [7, 11) is 0. The van der Waals surface area contributed by atoms with E-state index in [0.29, 0.717) is 41.6 Å². The van der Waals surface area contributed by atoms with Crippen molar-refractivity contribution in [3.8, 4) is 11.8 Å². The Labute approximate surface area is 186 Å². The van der Waals surface area contributed by atoms with E-state index in [1.165, 1.54) is 0 Å². The Morgan fingerprint density at radius 1 is 1.19 bits per heavy atom. The van der Waals surface area contributed by atoms with Crippen molar-refractivity contribution >= 4 is 17.4 Å². The van der Waals surface area contributed by atoms with Gasteiger partial charge in [-0.15, -0.1) is 0 Å². The summed E-state index contributed by atoms with van der Waals surface area (Å²) in [6.45, 7) is 4.36. The van der Waals surface area contributed by atoms with Crippen molar-refractivity contribution in [1.82, 2.24) is 0 Å². The predicted octanol–water partition coefficient (Wildman–Crippen LogP) is 5.35. The van der Waals surface area contributed by atoms with Crippen molar-refractivity contribution in [2.24, 2.45) is 5.73 Å². The molecule has 31 heavy (non-hydrogen) atoms. The number of carbonyl (C=O) groups excluding carboxylic acids is 1. The summed E-state index contributed by atoms with van der Waals surface area (Å²) in [5.41, 5.74) is 10.9. The van der Waals surface area contributed by atoms with E-state index in [2.05, 4.69) is 12.1 Å². The smallest absolute Gasteiger partial charge is 0.205 e. The SMILES string of the molecule is Cc1cc(C)c([C@@H]2C(C#N)=C(N)OC3=C2C(=O)CCC3)cc1COc1ccc(Cl)cc1. The van der Waals surface area contributed by atoms with Gasteiger partial charge in [0.15, 0.2) is 5.78 Å². The molecular weight excluding hydrogens is 412 g/mol. The highest BCUT2D eigenvalue weighted by Crippen LogP contribution is 2.44. The van der Waals surface area contributed by atoms with Crippen molar-refractivity contribution < 1.29 is 14.3 Å². The molecule has 2 N–H and O–H groups in total. The van der Waals surface area contributed by atoms with E-state index >= 15 is 0 Å². The van der Waals surface area contributed by atoms with E-state index < -0.39 is 5.92 Å². The molecule has 1 aliphatic carbocycles. The molecule has 6 heteroatoms. The van der Waals surface area contributed by atoms with Gasteiger partial charge in [0.1, 0.15) is 29.8 Å². The van der Waals surface area contributed by atoms with Crippen molar-refractivity contribution in [3.63, 3.8) is 0 Å². The van der Waals surface area contributed by atoms with Crippen LogP contribution in [0.25, 0.3) is 0 Å². The number of carbonyl (C=O) groups is 1. The summed E-state index contributed by atoms with van der Waals surface area (Å²) in [4.78, 5) is 12.8. The number of nitriles is 1. The second kappa shape index (κ2) is 8.49. The summed E-state index contributed by atoms with van der Waals surface area (Å²) in [5, 5.41) is 10.5. The molecule has 1 aliphatic heterocycles. The number of hydrogen-bond acceptors (Lipinski definition) is 5. The van der Waals surface area contributed by atoms with E-state index in [1.807, 2.05) is 32.0 Å². The third-order valence-electron chi connectivity index (χ3n) is 5.85. The Hall–Kier alpha value is -3.23. The Morgan fingerprint density at radius 3 is 2.65 bits per heavy atom. The Bertz CT molecular complexity index is 1160. The molecule has 5 nitrogen and oxygen atoms in total. The molecule has 4 rings (SSSR count). The maximum absolute atomic E-state index is 12.8. The van der Waals surface area contributed by atoms with Crippen molar-refractivity contribution in [1.29, 1.82) is 5.26 Å². The summed E-state index contributed by atoms with van der Waals surface area (Å²) >= 11 is 5.95. The molecule has 2 aromatic rings. The molecule has 158 valence electrons. The van der Waals surface area contributed by atoms with Crippen LogP contribution < -0.4 is 10.5 Å². The first-order chi connectivity index (χ1) is 14.9. The Balaban J connectivity index is 1.75. The average Bonchev–Trinajstić information content (AvgIpc) is 2.74. The van der Waals surface area contributed by atoms with Gasteiger partial charge in [0.25, 0.3) is 0 Å². The van der Waals surface area contributed by atoms with Crippen LogP contribution in [-0.4, -0.2) is 5.78 Å². The fraction of sp³-hybridized carbons (Fsp3) is 0.280. The van der Waals surface area contributed by atoms with E-state index in [9.17, 15) is 10.1 Å². The monoisotopic (exact) mass is 434 g/mol. The maximum atomic E-state index is 12.8. The van der Waals surface area contributed by atoms with Gasteiger partial charge in [-0.05, 0) is 66.8 Å². The first kappa shape index (κ1) is 21.0. The van der Waals surface area contributed by atoms with Crippen LogP contribution in [0.4, 0.5) is 0 Å². The third kappa shape index (κ3) is 4.04. The maximum Gasteiger partial charge on any atom is 0.205 e. The largest absolute Gasteiger partial charge is 0.489 e. The molecule has 0 bridgehead atoms. The highest BCUT2D eigenvalue weighted by atomic mass is 35.5. The van der Waals surface area contributed by atoms with E-state index in [4.69, 9.17) is 26.8 Å². The van der Waals surface area contributed by atoms with Gasteiger partial charge in [-0.25, -0.2) is 0 Å². The van der Waals surface area contributed by atoms with Crippen LogP contribution >= 0.6 is 11.6 Å². The zero-order valence-electron chi connectivity index (χ0n) is 17.5. The fourth-order valence-corrected chi connectivity index (χ4v) is 4.37. The van der Waals surface area contributed by atoms with Crippen molar-refractivity contribution in [3.05, 3.63) is 86.5 Å². The number of rotatable bonds is 4. The highest BCUT2D eigenvalue weighted by Gasteiger charge is 2.38. The summed E-state index contributed by atoms with van der Waals surface area (Å²) in [5.74, 6) is 0.893. The van der Waals surface area contributed by atoms with Gasteiger partial charge in [-0.1, -0.05) is 23.7 Å². The third-order valence-corrected chi connectivity index (χ3v) is 6.10. The summed E-state index contributed by atoms with van der Waals surface area (Å²) in [6.07, 6.45) is 1.83. The van der Waals surface area contributed by atoms with E-state index in [1.54, 1.807) is 12.1 Å². The molecule has 0 spiro atoms. The van der Waals surface area contributed by atoms with Gasteiger partial charge in [0.05, 0.1) is 5.92 Å². The number of halogens is 1. The van der Waals surface area contributed by atoms with Gasteiger partial charge in [0, 0.05) is 23.4 Å². The fourth-order valence-electron chi connectivity index (χ4n) is 4.24. The average molecular weight is 435 g/mol. The van der Waals surface area contributed by atoms with Crippen LogP contribution in [0.2, 0.25) is 5.02 Å². The number of nitrogens with two attached hydrogens (primary N) is 1. The first-order valence-electron chi connectivity index (χ1n) is 10.2. The van der Waals surface area contributed by atoms with Crippen molar-refractivity contribution in [2.45, 2.75) is 45.6 Å². The van der Waals surface area contributed by atoms with Gasteiger partial charge in [-0.3, -0.25) is 4.79 Å². The number of ether oxygens (including phenoxy) is 2. The van der Waals surface area contributed by atoms with Crippen LogP contribution in [0, 0.1) is 25.2 Å². The minimum Gasteiger partial charge on any atom is -0.489 e. The first-order valence-corrected chi connectivity index (χ1v) is 10.6. The molecule has 0 unspecified atom stereocenters. The van der Waals surface area contributed by atoms with Gasteiger partial charge in [0.2, 0.25) is 5.88 Å². The number of allylic oxidation sites excluding steroid dienone is 3. The lowest BCUT2D eigenvalue weighted by Gasteiger charge is -2.32. The number of benzene rings is 2. The number of aryl methyl sites for hydroxylation is 2. The van der Waals surface area contributed by atoms with E-state index in [-0.39, 0.29) is 17.2 Å². The molecular formula is C25H23ClN2O3. The number of nitrogens with zero attached hydrogens (tertiary/aromatic N) is 1. The Kier molecular flexibility index (Phi) is 5.75. The number of hydrogen-bond donors (Lipinski definition) is 1.